The first-order valence-corrected chi connectivity index (χ1v) is 13.6. The Balaban J connectivity index is 1.23. The average Bonchev–Trinajstić information content (AvgIpc) is 3.61. The van der Waals surface area contributed by atoms with Crippen molar-refractivity contribution in [2.45, 2.75) is 51.1 Å². The average molecular weight is 591 g/mol. The molecule has 0 aliphatic carbocycles. The van der Waals surface area contributed by atoms with E-state index < -0.39 is 34.7 Å². The standard InChI is InChI=1S/C32H30O11/c1-31(2,36)24(16-40-30-27-18(9-11-38-27)13-17-5-7-26(35)42-28(17)30)43-32(3,4)23(33)15-39-29-19-6-8-25(34)41-22(19)14-21-20(29)10-12-37-21/h5-14,23-24,33,36H,15-16H2,1-4H3. The van der Waals surface area contributed by atoms with Gasteiger partial charge in [0.05, 0.1) is 34.5 Å². The summed E-state index contributed by atoms with van der Waals surface area (Å²) in [4.78, 5) is 23.8. The highest BCUT2D eigenvalue weighted by molar-refractivity contribution is 6.01. The molecular formula is C32H30O11. The molecule has 0 amide bonds. The number of benzene rings is 2. The van der Waals surface area contributed by atoms with Crippen molar-refractivity contribution < 1.29 is 42.1 Å². The van der Waals surface area contributed by atoms with Crippen LogP contribution in [0.15, 0.2) is 88.3 Å². The Bertz CT molecular complexity index is 2050. The first-order valence-electron chi connectivity index (χ1n) is 13.6. The molecule has 0 saturated heterocycles. The lowest BCUT2D eigenvalue weighted by atomic mass is 9.97. The van der Waals surface area contributed by atoms with Crippen molar-refractivity contribution in [2.24, 2.45) is 0 Å². The van der Waals surface area contributed by atoms with Crippen LogP contribution in [0, 0.1) is 0 Å². The summed E-state index contributed by atoms with van der Waals surface area (Å²) in [6, 6.07) is 12.7. The zero-order valence-electron chi connectivity index (χ0n) is 23.9. The molecule has 224 valence electrons. The normalized spacial score (nSPS) is 14.1. The lowest BCUT2D eigenvalue weighted by Crippen LogP contribution is -2.52. The number of hydrogen-bond acceptors (Lipinski definition) is 11. The number of aliphatic hydroxyl groups excluding tert-OH is 1. The molecular weight excluding hydrogens is 560 g/mol. The molecule has 6 rings (SSSR count). The summed E-state index contributed by atoms with van der Waals surface area (Å²) in [5.41, 5.74) is -2.41. The van der Waals surface area contributed by atoms with Crippen LogP contribution in [0.1, 0.15) is 27.7 Å². The third kappa shape index (κ3) is 5.50. The van der Waals surface area contributed by atoms with Crippen molar-refractivity contribution in [1.29, 1.82) is 0 Å². The van der Waals surface area contributed by atoms with Crippen molar-refractivity contribution in [3.63, 3.8) is 0 Å². The first kappa shape index (κ1) is 28.5. The summed E-state index contributed by atoms with van der Waals surface area (Å²) in [6.45, 7) is 6.07. The molecule has 0 saturated carbocycles. The minimum absolute atomic E-state index is 0.175. The Hall–Kier alpha value is -4.58. The number of fused-ring (bicyclic) bond motifs is 4. The van der Waals surface area contributed by atoms with Gasteiger partial charge < -0.3 is 42.1 Å². The van der Waals surface area contributed by atoms with E-state index in [9.17, 15) is 19.8 Å². The van der Waals surface area contributed by atoms with Crippen LogP contribution in [0.25, 0.3) is 43.9 Å². The number of furan rings is 2. The molecule has 2 aromatic carbocycles. The van der Waals surface area contributed by atoms with E-state index in [1.165, 1.54) is 24.7 Å². The van der Waals surface area contributed by atoms with E-state index in [0.29, 0.717) is 33.1 Å². The Morgan fingerprint density at radius 3 is 2.21 bits per heavy atom. The molecule has 4 aromatic heterocycles. The molecule has 0 bridgehead atoms. The largest absolute Gasteiger partial charge is 0.489 e. The summed E-state index contributed by atoms with van der Waals surface area (Å²) in [6.07, 6.45) is 0.848. The van der Waals surface area contributed by atoms with Crippen LogP contribution in [0.3, 0.4) is 0 Å². The quantitative estimate of drug-likeness (QED) is 0.204. The van der Waals surface area contributed by atoms with Crippen LogP contribution in [0.5, 0.6) is 11.5 Å². The summed E-state index contributed by atoms with van der Waals surface area (Å²) < 4.78 is 40.3. The molecule has 0 aliphatic heterocycles. The van der Waals surface area contributed by atoms with Crippen LogP contribution in [-0.4, -0.2) is 46.8 Å². The second-order valence-corrected chi connectivity index (χ2v) is 11.4. The number of rotatable bonds is 10. The number of ether oxygens (including phenoxy) is 3. The molecule has 2 N–H and O–H groups in total. The smallest absolute Gasteiger partial charge is 0.336 e. The first-order chi connectivity index (χ1) is 20.4. The van der Waals surface area contributed by atoms with Crippen molar-refractivity contribution in [1.82, 2.24) is 0 Å². The van der Waals surface area contributed by atoms with Gasteiger partial charge in [-0.05, 0) is 58.0 Å². The minimum atomic E-state index is -1.42. The second-order valence-electron chi connectivity index (χ2n) is 11.4. The van der Waals surface area contributed by atoms with E-state index in [-0.39, 0.29) is 30.1 Å². The predicted octanol–water partition coefficient (Wildman–Crippen LogP) is 5.15. The Labute approximate surface area is 243 Å². The molecule has 0 fully saturated rings. The third-order valence-corrected chi connectivity index (χ3v) is 7.39. The third-order valence-electron chi connectivity index (χ3n) is 7.39. The molecule has 4 heterocycles. The minimum Gasteiger partial charge on any atom is -0.489 e. The Kier molecular flexibility index (Phi) is 7.04. The van der Waals surface area contributed by atoms with Gasteiger partial charge in [-0.1, -0.05) is 0 Å². The van der Waals surface area contributed by atoms with Gasteiger partial charge in [0.2, 0.25) is 5.75 Å². The van der Waals surface area contributed by atoms with Crippen LogP contribution in [-0.2, 0) is 4.74 Å². The van der Waals surface area contributed by atoms with Crippen molar-refractivity contribution >= 4 is 43.9 Å². The fraction of sp³-hybridized carbons (Fsp3) is 0.312. The number of aliphatic hydroxyl groups is 2. The summed E-state index contributed by atoms with van der Waals surface area (Å²) in [5, 5.41) is 24.8. The maximum atomic E-state index is 12.0. The molecule has 2 unspecified atom stereocenters. The lowest BCUT2D eigenvalue weighted by Gasteiger charge is -2.39. The Morgan fingerprint density at radius 2 is 1.42 bits per heavy atom. The van der Waals surface area contributed by atoms with Gasteiger partial charge >= 0.3 is 11.3 Å². The highest BCUT2D eigenvalue weighted by Gasteiger charge is 2.39. The molecule has 6 aromatic rings. The highest BCUT2D eigenvalue weighted by atomic mass is 16.6. The molecule has 11 nitrogen and oxygen atoms in total. The molecule has 2 atom stereocenters. The van der Waals surface area contributed by atoms with Crippen LogP contribution in [0.2, 0.25) is 0 Å². The van der Waals surface area contributed by atoms with E-state index in [1.807, 2.05) is 6.07 Å². The topological polar surface area (TPSA) is 155 Å². The van der Waals surface area contributed by atoms with Gasteiger partial charge in [0, 0.05) is 29.0 Å². The van der Waals surface area contributed by atoms with E-state index in [4.69, 9.17) is 31.9 Å². The van der Waals surface area contributed by atoms with E-state index in [1.54, 1.807) is 58.0 Å². The van der Waals surface area contributed by atoms with Crippen LogP contribution in [0.4, 0.5) is 0 Å². The highest BCUT2D eigenvalue weighted by Crippen LogP contribution is 2.37. The van der Waals surface area contributed by atoms with Crippen molar-refractivity contribution in [3.05, 3.63) is 81.9 Å². The van der Waals surface area contributed by atoms with E-state index in [2.05, 4.69) is 0 Å². The molecule has 0 aliphatic rings. The lowest BCUT2D eigenvalue weighted by molar-refractivity contribution is -0.197. The maximum absolute atomic E-state index is 12.0. The Morgan fingerprint density at radius 1 is 0.744 bits per heavy atom. The van der Waals surface area contributed by atoms with E-state index in [0.717, 1.165) is 5.39 Å². The molecule has 11 heteroatoms. The van der Waals surface area contributed by atoms with Gasteiger partial charge in [-0.2, -0.15) is 0 Å². The van der Waals surface area contributed by atoms with Gasteiger partial charge in [-0.3, -0.25) is 0 Å². The summed E-state index contributed by atoms with van der Waals surface area (Å²) in [5.74, 6) is 0.573. The van der Waals surface area contributed by atoms with Gasteiger partial charge in [0.15, 0.2) is 11.2 Å². The summed E-state index contributed by atoms with van der Waals surface area (Å²) in [7, 11) is 0. The fourth-order valence-corrected chi connectivity index (χ4v) is 4.85. The zero-order valence-corrected chi connectivity index (χ0v) is 23.9. The van der Waals surface area contributed by atoms with Gasteiger partial charge in [0.25, 0.3) is 0 Å². The van der Waals surface area contributed by atoms with E-state index >= 15 is 0 Å². The van der Waals surface area contributed by atoms with Gasteiger partial charge in [0.1, 0.15) is 42.3 Å². The predicted molar refractivity (Wildman–Crippen MR) is 157 cm³/mol. The molecule has 43 heavy (non-hydrogen) atoms. The van der Waals surface area contributed by atoms with Crippen LogP contribution < -0.4 is 20.7 Å². The van der Waals surface area contributed by atoms with Crippen molar-refractivity contribution in [2.75, 3.05) is 13.2 Å². The van der Waals surface area contributed by atoms with Crippen LogP contribution >= 0.6 is 0 Å². The summed E-state index contributed by atoms with van der Waals surface area (Å²) >= 11 is 0. The van der Waals surface area contributed by atoms with Gasteiger partial charge in [-0.15, -0.1) is 0 Å². The van der Waals surface area contributed by atoms with Crippen molar-refractivity contribution in [3.8, 4) is 11.5 Å². The maximum Gasteiger partial charge on any atom is 0.336 e. The molecule has 0 radical (unpaired) electrons. The SMILES string of the molecule is CC(C)(O)C(COc1c2occc2cc2ccc(=O)oc12)OC(C)(C)C(O)COc1c2ccoc2cc2oc(=O)ccc12. The molecule has 0 spiro atoms. The fourth-order valence-electron chi connectivity index (χ4n) is 4.85. The zero-order chi connectivity index (χ0) is 30.5. The monoisotopic (exact) mass is 590 g/mol. The second kappa shape index (κ2) is 10.6. The van der Waals surface area contributed by atoms with Gasteiger partial charge in [-0.25, -0.2) is 9.59 Å². The number of hydrogen-bond donors (Lipinski definition) is 2.